The maximum Gasteiger partial charge on any atom is 0.257 e. The highest BCUT2D eigenvalue weighted by Crippen LogP contribution is 2.25. The van der Waals surface area contributed by atoms with E-state index in [2.05, 4.69) is 0 Å². The third-order valence-corrected chi connectivity index (χ3v) is 3.45. The molecule has 1 aliphatic heterocycles. The zero-order valence-electron chi connectivity index (χ0n) is 10.4. The van der Waals surface area contributed by atoms with Gasteiger partial charge in [0.1, 0.15) is 5.75 Å². The van der Waals surface area contributed by atoms with Crippen LogP contribution >= 0.6 is 11.6 Å². The first-order valence-corrected chi connectivity index (χ1v) is 6.38. The Labute approximate surface area is 112 Å². The van der Waals surface area contributed by atoms with E-state index in [0.29, 0.717) is 29.4 Å². The van der Waals surface area contributed by atoms with E-state index < -0.39 is 0 Å². The summed E-state index contributed by atoms with van der Waals surface area (Å²) in [4.78, 5) is 14.2. The molecule has 1 aromatic rings. The molecule has 2 rings (SSSR count). The Morgan fingerprint density at radius 1 is 1.44 bits per heavy atom. The monoisotopic (exact) mass is 268 g/mol. The normalized spacial score (nSPS) is 16.7. The zero-order valence-corrected chi connectivity index (χ0v) is 11.1. The molecule has 0 saturated carbocycles. The molecule has 1 fully saturated rings. The van der Waals surface area contributed by atoms with Gasteiger partial charge in [-0.3, -0.25) is 4.79 Å². The van der Waals surface area contributed by atoms with Gasteiger partial charge in [-0.2, -0.15) is 0 Å². The van der Waals surface area contributed by atoms with Gasteiger partial charge in [0.25, 0.3) is 5.91 Å². The molecule has 0 aromatic heterocycles. The number of hydrogen-bond acceptors (Lipinski definition) is 3. The molecule has 18 heavy (non-hydrogen) atoms. The van der Waals surface area contributed by atoms with E-state index >= 15 is 0 Å². The highest BCUT2D eigenvalue weighted by Gasteiger charge is 2.24. The van der Waals surface area contributed by atoms with E-state index in [0.717, 1.165) is 12.8 Å². The van der Waals surface area contributed by atoms with Crippen LogP contribution in [0.5, 0.6) is 5.75 Å². The SMILES string of the molecule is COc1ccc(Cl)cc1C(=O)N1CCC(N)CC1. The van der Waals surface area contributed by atoms with Crippen molar-refractivity contribution in [1.29, 1.82) is 0 Å². The fourth-order valence-electron chi connectivity index (χ4n) is 2.12. The van der Waals surface area contributed by atoms with Crippen LogP contribution in [0.25, 0.3) is 0 Å². The third kappa shape index (κ3) is 2.76. The number of halogens is 1. The lowest BCUT2D eigenvalue weighted by Crippen LogP contribution is -2.42. The van der Waals surface area contributed by atoms with Gasteiger partial charge in [-0.25, -0.2) is 0 Å². The van der Waals surface area contributed by atoms with E-state index in [1.54, 1.807) is 30.2 Å². The van der Waals surface area contributed by atoms with Crippen molar-refractivity contribution in [2.45, 2.75) is 18.9 Å². The molecule has 1 aromatic carbocycles. The van der Waals surface area contributed by atoms with Crippen molar-refractivity contribution in [2.75, 3.05) is 20.2 Å². The molecule has 1 heterocycles. The van der Waals surface area contributed by atoms with Crippen molar-refractivity contribution in [2.24, 2.45) is 5.73 Å². The Balaban J connectivity index is 2.20. The summed E-state index contributed by atoms with van der Waals surface area (Å²) in [5.41, 5.74) is 6.35. The van der Waals surface area contributed by atoms with Gasteiger partial charge in [0.2, 0.25) is 0 Å². The molecule has 1 saturated heterocycles. The van der Waals surface area contributed by atoms with Crippen LogP contribution in [0.3, 0.4) is 0 Å². The van der Waals surface area contributed by atoms with Crippen LogP contribution < -0.4 is 10.5 Å². The van der Waals surface area contributed by atoms with E-state index in [9.17, 15) is 4.79 Å². The number of nitrogens with two attached hydrogens (primary N) is 1. The molecule has 98 valence electrons. The minimum atomic E-state index is -0.0405. The Kier molecular flexibility index (Phi) is 4.09. The second-order valence-electron chi connectivity index (χ2n) is 4.47. The number of carbonyl (C=O) groups is 1. The van der Waals surface area contributed by atoms with Crippen LogP contribution in [-0.4, -0.2) is 37.0 Å². The fraction of sp³-hybridized carbons (Fsp3) is 0.462. The molecule has 1 amide bonds. The molecule has 5 heteroatoms. The quantitative estimate of drug-likeness (QED) is 0.891. The van der Waals surface area contributed by atoms with Gasteiger partial charge in [-0.15, -0.1) is 0 Å². The maximum atomic E-state index is 12.4. The highest BCUT2D eigenvalue weighted by atomic mass is 35.5. The molecule has 0 aliphatic carbocycles. The number of hydrogen-bond donors (Lipinski definition) is 1. The van der Waals surface area contributed by atoms with Gasteiger partial charge >= 0.3 is 0 Å². The molecule has 4 nitrogen and oxygen atoms in total. The number of likely N-dealkylation sites (tertiary alicyclic amines) is 1. The first kappa shape index (κ1) is 13.2. The molecule has 2 N–H and O–H groups in total. The van der Waals surface area contributed by atoms with Gasteiger partial charge in [-0.05, 0) is 31.0 Å². The lowest BCUT2D eigenvalue weighted by Gasteiger charge is -2.30. The van der Waals surface area contributed by atoms with Crippen molar-refractivity contribution in [3.63, 3.8) is 0 Å². The molecular weight excluding hydrogens is 252 g/mol. The van der Waals surface area contributed by atoms with Crippen molar-refractivity contribution >= 4 is 17.5 Å². The third-order valence-electron chi connectivity index (χ3n) is 3.22. The second kappa shape index (κ2) is 5.59. The van der Waals surface area contributed by atoms with Gasteiger partial charge < -0.3 is 15.4 Å². The minimum Gasteiger partial charge on any atom is -0.496 e. The summed E-state index contributed by atoms with van der Waals surface area (Å²) >= 11 is 5.93. The molecule has 0 unspecified atom stereocenters. The Morgan fingerprint density at radius 3 is 2.72 bits per heavy atom. The molecule has 0 radical (unpaired) electrons. The van der Waals surface area contributed by atoms with Crippen LogP contribution in [0.4, 0.5) is 0 Å². The Hall–Kier alpha value is -1.26. The van der Waals surface area contributed by atoms with Crippen molar-refractivity contribution in [3.05, 3.63) is 28.8 Å². The van der Waals surface area contributed by atoms with Crippen LogP contribution in [0, 0.1) is 0 Å². The van der Waals surface area contributed by atoms with Crippen LogP contribution in [0.2, 0.25) is 5.02 Å². The van der Waals surface area contributed by atoms with Crippen LogP contribution in [0.15, 0.2) is 18.2 Å². The number of piperidine rings is 1. The Bertz CT molecular complexity index is 443. The van der Waals surface area contributed by atoms with E-state index in [4.69, 9.17) is 22.1 Å². The van der Waals surface area contributed by atoms with Crippen LogP contribution in [0.1, 0.15) is 23.2 Å². The first-order chi connectivity index (χ1) is 8.61. The lowest BCUT2D eigenvalue weighted by atomic mass is 10.0. The average Bonchev–Trinajstić information content (AvgIpc) is 2.39. The van der Waals surface area contributed by atoms with Gasteiger partial charge in [-0.1, -0.05) is 11.6 Å². The fourth-order valence-corrected chi connectivity index (χ4v) is 2.29. The number of nitrogens with zero attached hydrogens (tertiary/aromatic N) is 1. The second-order valence-corrected chi connectivity index (χ2v) is 4.91. The maximum absolute atomic E-state index is 12.4. The number of benzene rings is 1. The standard InChI is InChI=1S/C13H17ClN2O2/c1-18-12-3-2-9(14)8-11(12)13(17)16-6-4-10(15)5-7-16/h2-3,8,10H,4-7,15H2,1H3. The first-order valence-electron chi connectivity index (χ1n) is 6.00. The highest BCUT2D eigenvalue weighted by molar-refractivity contribution is 6.31. The predicted octanol–water partition coefficient (Wildman–Crippen LogP) is 1.91. The van der Waals surface area contributed by atoms with Crippen LogP contribution in [-0.2, 0) is 0 Å². The lowest BCUT2D eigenvalue weighted by molar-refractivity contribution is 0.0711. The van der Waals surface area contributed by atoms with Gasteiger partial charge in [0.05, 0.1) is 12.7 Å². The van der Waals surface area contributed by atoms with E-state index in [-0.39, 0.29) is 11.9 Å². The van der Waals surface area contributed by atoms with Crippen molar-refractivity contribution in [1.82, 2.24) is 4.90 Å². The predicted molar refractivity (Wildman–Crippen MR) is 71.1 cm³/mol. The van der Waals surface area contributed by atoms with E-state index in [1.165, 1.54) is 0 Å². The molecule has 0 bridgehead atoms. The Morgan fingerprint density at radius 2 is 2.11 bits per heavy atom. The summed E-state index contributed by atoms with van der Waals surface area (Å²) in [6.07, 6.45) is 1.68. The summed E-state index contributed by atoms with van der Waals surface area (Å²) < 4.78 is 5.20. The number of methoxy groups -OCH3 is 1. The topological polar surface area (TPSA) is 55.6 Å². The summed E-state index contributed by atoms with van der Waals surface area (Å²) in [7, 11) is 1.55. The van der Waals surface area contributed by atoms with Crippen molar-refractivity contribution < 1.29 is 9.53 Å². The molecule has 0 spiro atoms. The van der Waals surface area contributed by atoms with Crippen molar-refractivity contribution in [3.8, 4) is 5.75 Å². The largest absolute Gasteiger partial charge is 0.496 e. The molecule has 0 atom stereocenters. The number of ether oxygens (including phenoxy) is 1. The number of amides is 1. The number of carbonyl (C=O) groups excluding carboxylic acids is 1. The molecule has 1 aliphatic rings. The minimum absolute atomic E-state index is 0.0405. The van der Waals surface area contributed by atoms with Gasteiger partial charge in [0.15, 0.2) is 0 Å². The molecular formula is C13H17ClN2O2. The average molecular weight is 269 g/mol. The summed E-state index contributed by atoms with van der Waals surface area (Å²) in [5, 5.41) is 0.535. The number of rotatable bonds is 2. The smallest absolute Gasteiger partial charge is 0.257 e. The summed E-state index contributed by atoms with van der Waals surface area (Å²) in [5.74, 6) is 0.514. The van der Waals surface area contributed by atoms with E-state index in [1.807, 2.05) is 0 Å². The summed E-state index contributed by atoms with van der Waals surface area (Å²) in [6.45, 7) is 1.38. The van der Waals surface area contributed by atoms with Gasteiger partial charge in [0, 0.05) is 24.2 Å². The zero-order chi connectivity index (χ0) is 13.1. The summed E-state index contributed by atoms with van der Waals surface area (Å²) in [6, 6.07) is 5.28.